The van der Waals surface area contributed by atoms with E-state index in [2.05, 4.69) is 12.1 Å². The Morgan fingerprint density at radius 1 is 0.938 bits per heavy atom. The molecule has 1 aliphatic heterocycles. The Bertz CT molecular complexity index is 1510. The third-order valence-electron chi connectivity index (χ3n) is 6.23. The number of benzene rings is 2. The van der Waals surface area contributed by atoms with E-state index in [4.69, 9.17) is 19.7 Å². The Morgan fingerprint density at radius 2 is 1.69 bits per heavy atom. The van der Waals surface area contributed by atoms with Gasteiger partial charge in [0, 0.05) is 6.61 Å². The lowest BCUT2D eigenvalue weighted by atomic mass is 10.2. The highest BCUT2D eigenvalue weighted by Crippen LogP contribution is 2.26. The minimum Gasteiger partial charge on any atom is -0.376 e. The monoisotopic (exact) mass is 425 g/mol. The van der Waals surface area contributed by atoms with Crippen LogP contribution in [0.4, 0.5) is 0 Å². The largest absolute Gasteiger partial charge is 0.376 e. The number of aryl methyl sites for hydroxylation is 1. The third kappa shape index (κ3) is 3.08. The van der Waals surface area contributed by atoms with Crippen molar-refractivity contribution in [2.75, 3.05) is 6.61 Å². The van der Waals surface area contributed by atoms with Gasteiger partial charge in [-0.3, -0.25) is 9.36 Å². The molecule has 0 saturated carbocycles. The van der Waals surface area contributed by atoms with Crippen molar-refractivity contribution in [2.45, 2.75) is 39.0 Å². The van der Waals surface area contributed by atoms with Crippen molar-refractivity contribution in [3.05, 3.63) is 76.3 Å². The van der Waals surface area contributed by atoms with E-state index in [0.29, 0.717) is 41.1 Å². The van der Waals surface area contributed by atoms with E-state index in [-0.39, 0.29) is 11.7 Å². The molecule has 0 aliphatic carbocycles. The predicted molar refractivity (Wildman–Crippen MR) is 124 cm³/mol. The van der Waals surface area contributed by atoms with Crippen molar-refractivity contribution in [1.29, 1.82) is 0 Å². The Morgan fingerprint density at radius 3 is 2.44 bits per heavy atom. The first-order chi connectivity index (χ1) is 15.7. The van der Waals surface area contributed by atoms with Crippen LogP contribution < -0.4 is 5.56 Å². The maximum Gasteiger partial charge on any atom is 0.265 e. The summed E-state index contributed by atoms with van der Waals surface area (Å²) in [7, 11) is 0. The summed E-state index contributed by atoms with van der Waals surface area (Å²) in [4.78, 5) is 28.4. The van der Waals surface area contributed by atoms with Crippen molar-refractivity contribution in [2.24, 2.45) is 0 Å². The first-order valence-corrected chi connectivity index (χ1v) is 11.0. The van der Waals surface area contributed by atoms with E-state index in [0.717, 1.165) is 36.0 Å². The number of para-hydroxylation sites is 2. The van der Waals surface area contributed by atoms with Crippen LogP contribution in [0.2, 0.25) is 0 Å². The summed E-state index contributed by atoms with van der Waals surface area (Å²) in [6.07, 6.45) is 2.04. The number of hydrogen-bond acceptors (Lipinski definition) is 5. The fraction of sp³-hybridized carbons (Fsp3) is 0.280. The van der Waals surface area contributed by atoms with Crippen LogP contribution >= 0.6 is 0 Å². The zero-order chi connectivity index (χ0) is 21.7. The van der Waals surface area contributed by atoms with Gasteiger partial charge < -0.3 is 9.30 Å². The quantitative estimate of drug-likeness (QED) is 0.437. The van der Waals surface area contributed by atoms with Gasteiger partial charge in [-0.05, 0) is 37.5 Å². The summed E-state index contributed by atoms with van der Waals surface area (Å²) in [5.74, 6) is 0.680. The van der Waals surface area contributed by atoms with Crippen LogP contribution in [-0.4, -0.2) is 36.8 Å². The minimum atomic E-state index is -0.0793. The Hall–Kier alpha value is -3.58. The summed E-state index contributed by atoms with van der Waals surface area (Å²) in [6, 6.07) is 17.9. The molecule has 2 aromatic carbocycles. The fourth-order valence-electron chi connectivity index (χ4n) is 4.62. The first-order valence-electron chi connectivity index (χ1n) is 11.0. The molecule has 7 heteroatoms. The topological polar surface area (TPSA) is 74.8 Å². The molecule has 4 heterocycles. The number of ether oxygens (including phenoxy) is 1. The molecule has 0 amide bonds. The molecule has 1 aliphatic rings. The second kappa shape index (κ2) is 7.53. The molecule has 0 spiro atoms. The average molecular weight is 425 g/mol. The van der Waals surface area contributed by atoms with Crippen molar-refractivity contribution in [3.63, 3.8) is 0 Å². The van der Waals surface area contributed by atoms with Crippen LogP contribution in [0.25, 0.3) is 33.2 Å². The van der Waals surface area contributed by atoms with Gasteiger partial charge in [-0.1, -0.05) is 42.5 Å². The van der Waals surface area contributed by atoms with Crippen LogP contribution in [0.3, 0.4) is 0 Å². The average Bonchev–Trinajstić information content (AvgIpc) is 3.42. The predicted octanol–water partition coefficient (Wildman–Crippen LogP) is 3.83. The molecule has 0 radical (unpaired) electrons. The molecule has 3 aromatic heterocycles. The minimum absolute atomic E-state index is 0.0511. The van der Waals surface area contributed by atoms with E-state index in [1.165, 1.54) is 0 Å². The van der Waals surface area contributed by atoms with E-state index in [9.17, 15) is 4.79 Å². The lowest BCUT2D eigenvalue weighted by Crippen LogP contribution is -2.29. The maximum atomic E-state index is 13.7. The highest BCUT2D eigenvalue weighted by Gasteiger charge is 2.23. The molecule has 0 bridgehead atoms. The van der Waals surface area contributed by atoms with Crippen LogP contribution in [0.15, 0.2) is 59.4 Å². The summed E-state index contributed by atoms with van der Waals surface area (Å²) in [5.41, 5.74) is 4.52. The Kier molecular flexibility index (Phi) is 4.50. The van der Waals surface area contributed by atoms with Gasteiger partial charge >= 0.3 is 0 Å². The van der Waals surface area contributed by atoms with Crippen molar-refractivity contribution in [3.8, 4) is 0 Å². The summed E-state index contributed by atoms with van der Waals surface area (Å²) >= 11 is 0. The van der Waals surface area contributed by atoms with Gasteiger partial charge in [0.05, 0.1) is 30.2 Å². The zero-order valence-corrected chi connectivity index (χ0v) is 17.9. The zero-order valence-electron chi connectivity index (χ0n) is 17.9. The molecule has 1 fully saturated rings. The smallest absolute Gasteiger partial charge is 0.265 e. The number of nitrogens with zero attached hydrogens (tertiary/aromatic N) is 5. The molecule has 32 heavy (non-hydrogen) atoms. The normalized spacial score (nSPS) is 16.5. The molecule has 1 saturated heterocycles. The highest BCUT2D eigenvalue weighted by molar-refractivity contribution is 6.04. The molecule has 5 aromatic rings. The SMILES string of the molecule is Cc1nc2c(c(=O)n1C[C@@H]1CCCO1)c1nc3ccccc3nc1n2Cc1ccccc1. The van der Waals surface area contributed by atoms with Gasteiger partial charge in [0.2, 0.25) is 0 Å². The van der Waals surface area contributed by atoms with Crippen LogP contribution in [0.1, 0.15) is 24.2 Å². The van der Waals surface area contributed by atoms with Crippen molar-refractivity contribution in [1.82, 2.24) is 24.1 Å². The van der Waals surface area contributed by atoms with Crippen LogP contribution in [-0.2, 0) is 17.8 Å². The van der Waals surface area contributed by atoms with Crippen molar-refractivity contribution < 1.29 is 4.74 Å². The maximum absolute atomic E-state index is 13.7. The molecule has 0 N–H and O–H groups in total. The van der Waals surface area contributed by atoms with Gasteiger partial charge in [0.15, 0.2) is 11.3 Å². The number of rotatable bonds is 4. The molecule has 0 unspecified atom stereocenters. The van der Waals surface area contributed by atoms with Gasteiger partial charge in [-0.15, -0.1) is 0 Å². The van der Waals surface area contributed by atoms with Gasteiger partial charge in [-0.25, -0.2) is 15.0 Å². The standard InChI is InChI=1S/C25H23N5O2/c1-16-26-23-21(25(31)29(16)15-18-10-7-13-32-18)22-24(28-20-12-6-5-11-19(20)27-22)30(23)14-17-8-3-2-4-9-17/h2-6,8-9,11-12,18H,7,10,13-15H2,1H3/t18-/m0/s1. The lowest BCUT2D eigenvalue weighted by molar-refractivity contribution is 0.0955. The number of hydrogen-bond donors (Lipinski definition) is 0. The summed E-state index contributed by atoms with van der Waals surface area (Å²) < 4.78 is 9.54. The molecular weight excluding hydrogens is 402 g/mol. The summed E-state index contributed by atoms with van der Waals surface area (Å²) in [6.45, 7) is 3.72. The van der Waals surface area contributed by atoms with Gasteiger partial charge in [-0.2, -0.15) is 0 Å². The molecule has 7 nitrogen and oxygen atoms in total. The second-order valence-corrected chi connectivity index (χ2v) is 8.36. The molecule has 160 valence electrons. The molecule has 6 rings (SSSR count). The van der Waals surface area contributed by atoms with E-state index < -0.39 is 0 Å². The van der Waals surface area contributed by atoms with Gasteiger partial charge in [0.1, 0.15) is 16.7 Å². The Balaban J connectivity index is 1.65. The highest BCUT2D eigenvalue weighted by atomic mass is 16.5. The van der Waals surface area contributed by atoms with E-state index >= 15 is 0 Å². The number of fused-ring (bicyclic) bond motifs is 4. The van der Waals surface area contributed by atoms with E-state index in [1.54, 1.807) is 4.57 Å². The third-order valence-corrected chi connectivity index (χ3v) is 6.23. The lowest BCUT2D eigenvalue weighted by Gasteiger charge is -2.14. The molecule has 1 atom stereocenters. The second-order valence-electron chi connectivity index (χ2n) is 8.36. The van der Waals surface area contributed by atoms with Crippen LogP contribution in [0, 0.1) is 6.92 Å². The molecular formula is C25H23N5O2. The first kappa shape index (κ1) is 19.1. The van der Waals surface area contributed by atoms with E-state index in [1.807, 2.05) is 54.0 Å². The van der Waals surface area contributed by atoms with Gasteiger partial charge in [0.25, 0.3) is 5.56 Å². The summed E-state index contributed by atoms with van der Waals surface area (Å²) in [5, 5.41) is 0.526. The number of aromatic nitrogens is 5. The van der Waals surface area contributed by atoms with Crippen molar-refractivity contribution >= 4 is 33.2 Å². The Labute approximate surface area is 184 Å². The van der Waals surface area contributed by atoms with Crippen LogP contribution in [0.5, 0.6) is 0 Å². The fourth-order valence-corrected chi connectivity index (χ4v) is 4.62.